The zero-order valence-electron chi connectivity index (χ0n) is 10.2. The summed E-state index contributed by atoms with van der Waals surface area (Å²) in [7, 11) is 3.09. The average Bonchev–Trinajstić information content (AvgIpc) is 2.40. The molecule has 2 aromatic carbocycles. The lowest BCUT2D eigenvalue weighted by Crippen LogP contribution is -1.93. The van der Waals surface area contributed by atoms with E-state index in [-0.39, 0.29) is 5.82 Å². The fourth-order valence-electron chi connectivity index (χ4n) is 1.77. The average molecular weight is 247 g/mol. The van der Waals surface area contributed by atoms with Crippen molar-refractivity contribution in [3.63, 3.8) is 0 Å². The van der Waals surface area contributed by atoms with Crippen LogP contribution in [0.3, 0.4) is 0 Å². The van der Waals surface area contributed by atoms with Crippen LogP contribution in [0.4, 0.5) is 10.1 Å². The van der Waals surface area contributed by atoms with Crippen molar-refractivity contribution < 1.29 is 13.9 Å². The zero-order chi connectivity index (χ0) is 13.1. The van der Waals surface area contributed by atoms with E-state index >= 15 is 0 Å². The third-order valence-corrected chi connectivity index (χ3v) is 2.68. The number of nitrogens with two attached hydrogens (primary N) is 1. The van der Waals surface area contributed by atoms with Gasteiger partial charge in [0.05, 0.1) is 14.2 Å². The Balaban J connectivity index is 2.54. The molecule has 0 spiro atoms. The Bertz CT molecular complexity index is 570. The molecule has 0 atom stereocenters. The topological polar surface area (TPSA) is 44.5 Å². The van der Waals surface area contributed by atoms with Crippen molar-refractivity contribution in [3.8, 4) is 22.6 Å². The summed E-state index contributed by atoms with van der Waals surface area (Å²) in [4.78, 5) is 0. The lowest BCUT2D eigenvalue weighted by molar-refractivity contribution is 0.355. The van der Waals surface area contributed by atoms with E-state index in [1.165, 1.54) is 19.2 Å². The van der Waals surface area contributed by atoms with Gasteiger partial charge in [-0.15, -0.1) is 0 Å². The third-order valence-electron chi connectivity index (χ3n) is 2.68. The molecule has 18 heavy (non-hydrogen) atoms. The Hall–Kier alpha value is -2.23. The van der Waals surface area contributed by atoms with Gasteiger partial charge >= 0.3 is 0 Å². The fourth-order valence-corrected chi connectivity index (χ4v) is 1.77. The van der Waals surface area contributed by atoms with E-state index in [4.69, 9.17) is 15.2 Å². The second-order valence-electron chi connectivity index (χ2n) is 3.81. The van der Waals surface area contributed by atoms with Crippen LogP contribution in [0.2, 0.25) is 0 Å². The SMILES string of the molecule is COc1ccc(-c2cc(N)ccc2F)cc1OC. The molecule has 3 nitrogen and oxygen atoms in total. The van der Waals surface area contributed by atoms with E-state index in [1.807, 2.05) is 0 Å². The maximum absolute atomic E-state index is 13.7. The largest absolute Gasteiger partial charge is 0.493 e. The number of anilines is 1. The highest BCUT2D eigenvalue weighted by molar-refractivity contribution is 5.70. The van der Waals surface area contributed by atoms with E-state index in [9.17, 15) is 4.39 Å². The van der Waals surface area contributed by atoms with Gasteiger partial charge in [-0.1, -0.05) is 6.07 Å². The summed E-state index contributed by atoms with van der Waals surface area (Å²) in [6.07, 6.45) is 0. The van der Waals surface area contributed by atoms with Crippen molar-refractivity contribution in [1.82, 2.24) is 0 Å². The van der Waals surface area contributed by atoms with Gasteiger partial charge in [-0.2, -0.15) is 0 Å². The summed E-state index contributed by atoms with van der Waals surface area (Å²) < 4.78 is 24.1. The molecule has 0 aliphatic rings. The molecule has 0 radical (unpaired) electrons. The van der Waals surface area contributed by atoms with Gasteiger partial charge in [0.2, 0.25) is 0 Å². The molecule has 2 aromatic rings. The number of ether oxygens (including phenoxy) is 2. The minimum Gasteiger partial charge on any atom is -0.493 e. The van der Waals surface area contributed by atoms with Gasteiger partial charge in [0.25, 0.3) is 0 Å². The molecule has 2 N–H and O–H groups in total. The molecule has 0 heterocycles. The fraction of sp³-hybridized carbons (Fsp3) is 0.143. The molecule has 0 saturated carbocycles. The summed E-state index contributed by atoms with van der Waals surface area (Å²) in [5, 5.41) is 0. The highest BCUT2D eigenvalue weighted by atomic mass is 19.1. The van der Waals surface area contributed by atoms with Gasteiger partial charge < -0.3 is 15.2 Å². The Morgan fingerprint density at radius 2 is 1.67 bits per heavy atom. The highest BCUT2D eigenvalue weighted by Gasteiger charge is 2.09. The van der Waals surface area contributed by atoms with E-state index in [0.29, 0.717) is 28.3 Å². The van der Waals surface area contributed by atoms with Crippen molar-refractivity contribution in [2.45, 2.75) is 0 Å². The van der Waals surface area contributed by atoms with E-state index in [0.717, 1.165) is 0 Å². The molecule has 0 aromatic heterocycles. The van der Waals surface area contributed by atoms with Crippen molar-refractivity contribution in [1.29, 1.82) is 0 Å². The first-order valence-corrected chi connectivity index (χ1v) is 5.43. The summed E-state index contributed by atoms with van der Waals surface area (Å²) in [6, 6.07) is 9.68. The Morgan fingerprint density at radius 1 is 0.944 bits per heavy atom. The predicted molar refractivity (Wildman–Crippen MR) is 69.4 cm³/mol. The van der Waals surface area contributed by atoms with E-state index in [2.05, 4.69) is 0 Å². The Labute approximate surface area is 105 Å². The van der Waals surface area contributed by atoms with Crippen molar-refractivity contribution in [2.75, 3.05) is 20.0 Å². The summed E-state index contributed by atoms with van der Waals surface area (Å²) in [5.41, 5.74) is 7.32. The van der Waals surface area contributed by atoms with E-state index < -0.39 is 0 Å². The Kier molecular flexibility index (Phi) is 3.37. The van der Waals surface area contributed by atoms with E-state index in [1.54, 1.807) is 31.4 Å². The number of nitrogen functional groups attached to an aromatic ring is 1. The molecule has 4 heteroatoms. The normalized spacial score (nSPS) is 10.2. The molecule has 0 amide bonds. The van der Waals surface area contributed by atoms with Gasteiger partial charge in [-0.3, -0.25) is 0 Å². The number of halogens is 1. The molecule has 94 valence electrons. The van der Waals surface area contributed by atoms with Crippen molar-refractivity contribution >= 4 is 5.69 Å². The number of benzene rings is 2. The number of methoxy groups -OCH3 is 2. The molecule has 0 aliphatic heterocycles. The van der Waals surface area contributed by atoms with Gasteiger partial charge in [-0.05, 0) is 35.9 Å². The minimum absolute atomic E-state index is 0.323. The molecule has 0 unspecified atom stereocenters. The molecular formula is C14H14FNO2. The first kappa shape index (κ1) is 12.2. The first-order chi connectivity index (χ1) is 8.65. The predicted octanol–water partition coefficient (Wildman–Crippen LogP) is 3.09. The summed E-state index contributed by atoms with van der Waals surface area (Å²) >= 11 is 0. The lowest BCUT2D eigenvalue weighted by Gasteiger charge is -2.10. The highest BCUT2D eigenvalue weighted by Crippen LogP contribution is 2.33. The molecule has 0 bridgehead atoms. The van der Waals surface area contributed by atoms with Crippen LogP contribution in [0, 0.1) is 5.82 Å². The van der Waals surface area contributed by atoms with Gasteiger partial charge in [0.15, 0.2) is 11.5 Å². The maximum atomic E-state index is 13.7. The monoisotopic (exact) mass is 247 g/mol. The summed E-state index contributed by atoms with van der Waals surface area (Å²) in [5.74, 6) is 0.832. The number of hydrogen-bond acceptors (Lipinski definition) is 3. The third kappa shape index (κ3) is 2.22. The molecule has 0 saturated heterocycles. The van der Waals surface area contributed by atoms with Crippen LogP contribution in [0.1, 0.15) is 0 Å². The van der Waals surface area contributed by atoms with Crippen LogP contribution < -0.4 is 15.2 Å². The second-order valence-corrected chi connectivity index (χ2v) is 3.81. The van der Waals surface area contributed by atoms with Crippen molar-refractivity contribution in [3.05, 3.63) is 42.2 Å². The van der Waals surface area contributed by atoms with Crippen molar-refractivity contribution in [2.24, 2.45) is 0 Å². The molecule has 0 fully saturated rings. The standard InChI is InChI=1S/C14H14FNO2/c1-17-13-6-3-9(7-14(13)18-2)11-8-10(16)4-5-12(11)15/h3-8H,16H2,1-2H3. The van der Waals surface area contributed by atoms with Crippen LogP contribution in [0.5, 0.6) is 11.5 Å². The lowest BCUT2D eigenvalue weighted by atomic mass is 10.0. The Morgan fingerprint density at radius 3 is 2.33 bits per heavy atom. The van der Waals surface area contributed by atoms with Crippen LogP contribution >= 0.6 is 0 Å². The molecular weight excluding hydrogens is 233 g/mol. The first-order valence-electron chi connectivity index (χ1n) is 5.43. The number of hydrogen-bond donors (Lipinski definition) is 1. The van der Waals surface area contributed by atoms with Crippen LogP contribution in [0.15, 0.2) is 36.4 Å². The quantitative estimate of drug-likeness (QED) is 0.848. The van der Waals surface area contributed by atoms with Crippen LogP contribution in [0.25, 0.3) is 11.1 Å². The number of rotatable bonds is 3. The minimum atomic E-state index is -0.323. The molecule has 0 aliphatic carbocycles. The van der Waals surface area contributed by atoms with Gasteiger partial charge in [-0.25, -0.2) is 4.39 Å². The van der Waals surface area contributed by atoms with Gasteiger partial charge in [0.1, 0.15) is 5.82 Å². The summed E-state index contributed by atoms with van der Waals surface area (Å²) in [6.45, 7) is 0. The second kappa shape index (κ2) is 4.96. The maximum Gasteiger partial charge on any atom is 0.161 e. The van der Waals surface area contributed by atoms with Gasteiger partial charge in [0, 0.05) is 11.3 Å². The smallest absolute Gasteiger partial charge is 0.161 e. The zero-order valence-corrected chi connectivity index (χ0v) is 10.2. The van der Waals surface area contributed by atoms with Crippen LogP contribution in [-0.2, 0) is 0 Å². The van der Waals surface area contributed by atoms with Crippen LogP contribution in [-0.4, -0.2) is 14.2 Å². The molecule has 2 rings (SSSR count).